The fraction of sp³-hybridized carbons (Fsp3) is 0.385. The minimum atomic E-state index is -0.316. The molecule has 0 spiro atoms. The van der Waals surface area contributed by atoms with Gasteiger partial charge in [0.15, 0.2) is 5.65 Å². The monoisotopic (exact) mass is 479 g/mol. The highest BCUT2D eigenvalue weighted by Gasteiger charge is 2.18. The van der Waals surface area contributed by atoms with Crippen LogP contribution in [0, 0.1) is 5.82 Å². The molecule has 1 N–H and O–H groups in total. The fourth-order valence-corrected chi connectivity index (χ4v) is 4.46. The summed E-state index contributed by atoms with van der Waals surface area (Å²) in [5, 5.41) is 7.86. The van der Waals surface area contributed by atoms with E-state index in [2.05, 4.69) is 33.4 Å². The van der Waals surface area contributed by atoms with Crippen molar-refractivity contribution in [2.24, 2.45) is 0 Å². The first-order valence-electron chi connectivity index (χ1n) is 11.9. The molecule has 0 aliphatic carbocycles. The van der Waals surface area contributed by atoms with Crippen LogP contribution in [0.15, 0.2) is 55.1 Å². The molecule has 1 saturated heterocycles. The molecule has 3 aromatic heterocycles. The summed E-state index contributed by atoms with van der Waals surface area (Å²) in [6, 6.07) is 8.71. The van der Waals surface area contributed by atoms with Crippen LogP contribution in [0.25, 0.3) is 16.8 Å². The van der Waals surface area contributed by atoms with Gasteiger partial charge >= 0.3 is 0 Å². The van der Waals surface area contributed by atoms with E-state index in [1.54, 1.807) is 17.7 Å². The Balaban J connectivity index is 1.38. The number of halogens is 1. The van der Waals surface area contributed by atoms with Crippen molar-refractivity contribution in [1.82, 2.24) is 19.2 Å². The SMILES string of the molecule is COCCOc1ccc(F)cc1C(C)Nc1ccn2ncc(-c3ccn(C4CCOCC4)c3)c2n1. The molecule has 1 unspecified atom stereocenters. The van der Waals surface area contributed by atoms with Crippen LogP contribution in [0.2, 0.25) is 0 Å². The first-order chi connectivity index (χ1) is 17.1. The van der Waals surface area contributed by atoms with Crippen molar-refractivity contribution in [3.8, 4) is 16.9 Å². The number of nitrogens with one attached hydrogen (secondary N) is 1. The summed E-state index contributed by atoms with van der Waals surface area (Å²) in [6.45, 7) is 4.40. The highest BCUT2D eigenvalue weighted by molar-refractivity contribution is 5.77. The predicted molar refractivity (Wildman–Crippen MR) is 131 cm³/mol. The van der Waals surface area contributed by atoms with Crippen LogP contribution in [-0.4, -0.2) is 52.7 Å². The average molecular weight is 480 g/mol. The standard InChI is InChI=1S/C26H30FN5O3/c1-18(22-15-20(27)3-4-24(22)35-14-13-33-2)29-25-6-10-32-26(30-25)23(16-28-32)19-5-9-31(17-19)21-7-11-34-12-8-21/h3-6,9-10,15-18,21H,7-8,11-14H2,1-2H3,(H,29,30). The lowest BCUT2D eigenvalue weighted by atomic mass is 10.1. The van der Waals surface area contributed by atoms with E-state index in [-0.39, 0.29) is 11.9 Å². The molecule has 1 aromatic carbocycles. The second-order valence-corrected chi connectivity index (χ2v) is 8.72. The van der Waals surface area contributed by atoms with Gasteiger partial charge in [-0.25, -0.2) is 13.9 Å². The predicted octanol–water partition coefficient (Wildman–Crippen LogP) is 4.89. The third-order valence-corrected chi connectivity index (χ3v) is 6.35. The lowest BCUT2D eigenvalue weighted by Gasteiger charge is -2.23. The molecule has 0 radical (unpaired) electrons. The molecule has 1 fully saturated rings. The molecule has 4 heterocycles. The fourth-order valence-electron chi connectivity index (χ4n) is 4.46. The van der Waals surface area contributed by atoms with Crippen molar-refractivity contribution >= 4 is 11.5 Å². The smallest absolute Gasteiger partial charge is 0.165 e. The van der Waals surface area contributed by atoms with E-state index in [1.807, 2.05) is 25.4 Å². The topological polar surface area (TPSA) is 74.8 Å². The number of ether oxygens (including phenoxy) is 3. The Morgan fingerprint density at radius 3 is 2.86 bits per heavy atom. The van der Waals surface area contributed by atoms with Gasteiger partial charge in [0, 0.05) is 61.6 Å². The van der Waals surface area contributed by atoms with Crippen LogP contribution in [0.5, 0.6) is 5.75 Å². The van der Waals surface area contributed by atoms with E-state index in [1.165, 1.54) is 12.1 Å². The van der Waals surface area contributed by atoms with Crippen LogP contribution in [-0.2, 0) is 9.47 Å². The number of anilines is 1. The normalized spacial score (nSPS) is 15.4. The number of methoxy groups -OCH3 is 1. The molecule has 8 nitrogen and oxygen atoms in total. The number of fused-ring (bicyclic) bond motifs is 1. The second kappa shape index (κ2) is 10.5. The van der Waals surface area contributed by atoms with Gasteiger partial charge in [0.05, 0.1) is 18.8 Å². The number of rotatable bonds is 9. The Labute approximate surface area is 203 Å². The van der Waals surface area contributed by atoms with Crippen molar-refractivity contribution < 1.29 is 18.6 Å². The van der Waals surface area contributed by atoms with E-state index in [4.69, 9.17) is 19.2 Å². The highest BCUT2D eigenvalue weighted by atomic mass is 19.1. The summed E-state index contributed by atoms with van der Waals surface area (Å²) in [4.78, 5) is 4.83. The zero-order valence-corrected chi connectivity index (χ0v) is 20.0. The molecular formula is C26H30FN5O3. The van der Waals surface area contributed by atoms with Gasteiger partial charge in [-0.15, -0.1) is 0 Å². The summed E-state index contributed by atoms with van der Waals surface area (Å²) in [5.74, 6) is 0.968. The van der Waals surface area contributed by atoms with Crippen molar-refractivity contribution in [1.29, 1.82) is 0 Å². The Hall–Kier alpha value is -3.43. The van der Waals surface area contributed by atoms with Crippen LogP contribution >= 0.6 is 0 Å². The molecule has 9 heteroatoms. The van der Waals surface area contributed by atoms with Crippen molar-refractivity contribution in [3.63, 3.8) is 0 Å². The molecule has 4 aromatic rings. The third kappa shape index (κ3) is 5.16. The van der Waals surface area contributed by atoms with Crippen LogP contribution in [0.3, 0.4) is 0 Å². The second-order valence-electron chi connectivity index (χ2n) is 8.72. The number of hydrogen-bond acceptors (Lipinski definition) is 6. The Bertz CT molecular complexity index is 1280. The molecule has 1 atom stereocenters. The molecule has 184 valence electrons. The van der Waals surface area contributed by atoms with Crippen LogP contribution in [0.1, 0.15) is 37.4 Å². The summed E-state index contributed by atoms with van der Waals surface area (Å²) in [6.07, 6.45) is 10.0. The third-order valence-electron chi connectivity index (χ3n) is 6.35. The first kappa shape index (κ1) is 23.3. The minimum Gasteiger partial charge on any atom is -0.491 e. The van der Waals surface area contributed by atoms with E-state index in [0.717, 1.165) is 42.8 Å². The van der Waals surface area contributed by atoms with E-state index >= 15 is 0 Å². The van der Waals surface area contributed by atoms with Gasteiger partial charge in [0.25, 0.3) is 0 Å². The molecule has 1 aliphatic heterocycles. The summed E-state index contributed by atoms with van der Waals surface area (Å²) < 4.78 is 34.4. The van der Waals surface area contributed by atoms with Crippen LogP contribution in [0.4, 0.5) is 10.2 Å². The summed E-state index contributed by atoms with van der Waals surface area (Å²) in [5.41, 5.74) is 3.50. The maximum Gasteiger partial charge on any atom is 0.165 e. The van der Waals surface area contributed by atoms with Gasteiger partial charge in [-0.1, -0.05) is 0 Å². The summed E-state index contributed by atoms with van der Waals surface area (Å²) >= 11 is 0. The van der Waals surface area contributed by atoms with Crippen molar-refractivity contribution in [2.75, 3.05) is 38.9 Å². The molecular weight excluding hydrogens is 449 g/mol. The molecule has 35 heavy (non-hydrogen) atoms. The quantitative estimate of drug-likeness (QED) is 0.345. The van der Waals surface area contributed by atoms with Gasteiger partial charge < -0.3 is 24.1 Å². The van der Waals surface area contributed by atoms with Gasteiger partial charge in [-0.05, 0) is 50.1 Å². The number of benzene rings is 1. The first-order valence-corrected chi connectivity index (χ1v) is 11.9. The maximum absolute atomic E-state index is 14.0. The van der Waals surface area contributed by atoms with Gasteiger partial charge in [-0.3, -0.25) is 0 Å². The molecule has 0 saturated carbocycles. The van der Waals surface area contributed by atoms with Crippen molar-refractivity contribution in [2.45, 2.75) is 31.8 Å². The lowest BCUT2D eigenvalue weighted by Crippen LogP contribution is -2.18. The molecule has 0 amide bonds. The van der Waals surface area contributed by atoms with E-state index in [9.17, 15) is 4.39 Å². The number of nitrogens with zero attached hydrogens (tertiary/aromatic N) is 4. The average Bonchev–Trinajstić information content (AvgIpc) is 3.52. The molecule has 5 rings (SSSR count). The van der Waals surface area contributed by atoms with Gasteiger partial charge in [0.2, 0.25) is 0 Å². The maximum atomic E-state index is 14.0. The Kier molecular flexibility index (Phi) is 6.96. The molecule has 0 bridgehead atoms. The lowest BCUT2D eigenvalue weighted by molar-refractivity contribution is 0.0697. The zero-order valence-electron chi connectivity index (χ0n) is 20.0. The van der Waals surface area contributed by atoms with E-state index < -0.39 is 0 Å². The van der Waals surface area contributed by atoms with E-state index in [0.29, 0.717) is 36.4 Å². The number of hydrogen-bond donors (Lipinski definition) is 1. The highest BCUT2D eigenvalue weighted by Crippen LogP contribution is 2.31. The summed E-state index contributed by atoms with van der Waals surface area (Å²) in [7, 11) is 1.62. The zero-order chi connectivity index (χ0) is 24.2. The Morgan fingerprint density at radius 2 is 2.03 bits per heavy atom. The van der Waals surface area contributed by atoms with Gasteiger partial charge in [-0.2, -0.15) is 5.10 Å². The Morgan fingerprint density at radius 1 is 1.17 bits per heavy atom. The van der Waals surface area contributed by atoms with Crippen LogP contribution < -0.4 is 10.1 Å². The van der Waals surface area contributed by atoms with Crippen molar-refractivity contribution in [3.05, 3.63) is 66.5 Å². The largest absolute Gasteiger partial charge is 0.491 e. The van der Waals surface area contributed by atoms with Gasteiger partial charge in [0.1, 0.15) is 24.0 Å². The molecule has 1 aliphatic rings. The minimum absolute atomic E-state index is 0.237. The number of aromatic nitrogens is 4.